The number of ether oxygens (including phenoxy) is 1. The minimum Gasteiger partial charge on any atom is -0.506 e. The largest absolute Gasteiger partial charge is 0.506 e. The second-order valence-corrected chi connectivity index (χ2v) is 6.58. The molecule has 2 atom stereocenters. The van der Waals surface area contributed by atoms with Gasteiger partial charge in [-0.3, -0.25) is 4.79 Å². The first kappa shape index (κ1) is 20.0. The van der Waals surface area contributed by atoms with E-state index < -0.39 is 35.7 Å². The van der Waals surface area contributed by atoms with Crippen LogP contribution >= 0.6 is 11.6 Å². The van der Waals surface area contributed by atoms with Gasteiger partial charge < -0.3 is 26.0 Å². The Balaban J connectivity index is 2.29. The Morgan fingerprint density at radius 2 is 2.15 bits per heavy atom. The molecule has 1 aliphatic rings. The highest BCUT2D eigenvalue weighted by molar-refractivity contribution is 6.32. The second-order valence-electron chi connectivity index (χ2n) is 6.18. The van der Waals surface area contributed by atoms with Crippen LogP contribution < -0.4 is 11.1 Å². The maximum absolute atomic E-state index is 12.5. The molecule has 8 nitrogen and oxygen atoms in total. The number of carboxylic acid groups (broad SMARTS) is 1. The summed E-state index contributed by atoms with van der Waals surface area (Å²) in [7, 11) is 0. The van der Waals surface area contributed by atoms with Crippen LogP contribution in [-0.4, -0.2) is 46.7 Å². The molecule has 9 heteroatoms. The van der Waals surface area contributed by atoms with Crippen LogP contribution in [0.2, 0.25) is 5.02 Å². The van der Waals surface area contributed by atoms with Crippen LogP contribution in [0.3, 0.4) is 0 Å². The molecule has 0 bridgehead atoms. The molecular formula is C17H21ClN2O6. The van der Waals surface area contributed by atoms with Crippen molar-refractivity contribution in [3.05, 3.63) is 27.8 Å². The zero-order valence-corrected chi connectivity index (χ0v) is 15.0. The summed E-state index contributed by atoms with van der Waals surface area (Å²) >= 11 is 6.17. The van der Waals surface area contributed by atoms with Crippen molar-refractivity contribution in [2.45, 2.75) is 44.8 Å². The number of phenolic OH excluding ortho intramolecular Hbond substituents is 1. The summed E-state index contributed by atoms with van der Waals surface area (Å²) in [5.41, 5.74) is 5.36. The third-order valence-corrected chi connectivity index (χ3v) is 4.49. The number of hydrogen-bond donors (Lipinski definition) is 4. The summed E-state index contributed by atoms with van der Waals surface area (Å²) in [4.78, 5) is 35.8. The fourth-order valence-electron chi connectivity index (χ4n) is 2.83. The molecule has 1 aromatic carbocycles. The Bertz CT molecular complexity index is 736. The molecule has 0 saturated carbocycles. The lowest BCUT2D eigenvalue weighted by Crippen LogP contribution is -2.41. The lowest BCUT2D eigenvalue weighted by Gasteiger charge is -2.24. The summed E-state index contributed by atoms with van der Waals surface area (Å²) < 4.78 is 5.07. The molecule has 2 rings (SSSR count). The van der Waals surface area contributed by atoms with Crippen molar-refractivity contribution in [1.29, 1.82) is 0 Å². The molecule has 1 heterocycles. The van der Waals surface area contributed by atoms with E-state index in [0.29, 0.717) is 31.4 Å². The molecule has 1 unspecified atom stereocenters. The number of unbranched alkanes of at least 4 members (excludes halogenated alkanes) is 1. The van der Waals surface area contributed by atoms with E-state index in [0.717, 1.165) is 0 Å². The van der Waals surface area contributed by atoms with Gasteiger partial charge in [0, 0.05) is 11.4 Å². The molecule has 26 heavy (non-hydrogen) atoms. The second kappa shape index (κ2) is 8.37. The minimum atomic E-state index is -1.20. The molecule has 0 radical (unpaired) electrons. The smallest absolute Gasteiger partial charge is 0.342 e. The van der Waals surface area contributed by atoms with Crippen LogP contribution in [0.4, 0.5) is 0 Å². The van der Waals surface area contributed by atoms with E-state index in [-0.39, 0.29) is 22.6 Å². The van der Waals surface area contributed by atoms with Crippen molar-refractivity contribution >= 4 is 29.4 Å². The van der Waals surface area contributed by atoms with Crippen LogP contribution in [0.5, 0.6) is 5.75 Å². The average Bonchev–Trinajstić information content (AvgIpc) is 2.56. The van der Waals surface area contributed by atoms with E-state index in [1.165, 1.54) is 6.07 Å². The first-order chi connectivity index (χ1) is 12.3. The number of cyclic esters (lactones) is 1. The molecule has 0 fully saturated rings. The van der Waals surface area contributed by atoms with Gasteiger partial charge in [-0.1, -0.05) is 11.6 Å². The molecule has 0 aromatic heterocycles. The van der Waals surface area contributed by atoms with Gasteiger partial charge in [-0.2, -0.15) is 0 Å². The number of hydrogen-bond acceptors (Lipinski definition) is 6. The van der Waals surface area contributed by atoms with E-state index in [1.807, 2.05) is 0 Å². The normalized spacial score (nSPS) is 17.2. The summed E-state index contributed by atoms with van der Waals surface area (Å²) in [6, 6.07) is 0.0880. The van der Waals surface area contributed by atoms with Gasteiger partial charge in [-0.25, -0.2) is 9.59 Å². The number of nitrogens with two attached hydrogens (primary N) is 1. The number of benzene rings is 1. The molecule has 1 aliphatic heterocycles. The number of esters is 1. The quantitative estimate of drug-likeness (QED) is 0.412. The fourth-order valence-corrected chi connectivity index (χ4v) is 3.11. The number of fused-ring (bicyclic) bond motifs is 1. The van der Waals surface area contributed by atoms with E-state index >= 15 is 0 Å². The fraction of sp³-hybridized carbons (Fsp3) is 0.471. The molecule has 1 amide bonds. The Labute approximate surface area is 155 Å². The van der Waals surface area contributed by atoms with Crippen LogP contribution in [0.25, 0.3) is 0 Å². The van der Waals surface area contributed by atoms with Gasteiger partial charge in [-0.15, -0.1) is 0 Å². The summed E-state index contributed by atoms with van der Waals surface area (Å²) in [5, 5.41) is 22.1. The first-order valence-corrected chi connectivity index (χ1v) is 8.63. The van der Waals surface area contributed by atoms with E-state index in [1.54, 1.807) is 6.92 Å². The third kappa shape index (κ3) is 4.25. The van der Waals surface area contributed by atoms with Crippen molar-refractivity contribution in [2.75, 3.05) is 6.54 Å². The van der Waals surface area contributed by atoms with Crippen LogP contribution in [0.1, 0.15) is 52.5 Å². The van der Waals surface area contributed by atoms with E-state index in [2.05, 4.69) is 5.32 Å². The summed E-state index contributed by atoms with van der Waals surface area (Å²) in [6.07, 6.45) is 1.25. The number of halogens is 1. The zero-order valence-electron chi connectivity index (χ0n) is 14.3. The Hall–Kier alpha value is -2.32. The van der Waals surface area contributed by atoms with Crippen LogP contribution in [0.15, 0.2) is 6.07 Å². The number of nitrogens with one attached hydrogen (secondary N) is 1. The predicted molar refractivity (Wildman–Crippen MR) is 93.5 cm³/mol. The number of carbonyl (C=O) groups excluding carboxylic acids is 2. The highest BCUT2D eigenvalue weighted by Gasteiger charge is 2.32. The topological polar surface area (TPSA) is 139 Å². The molecular weight excluding hydrogens is 364 g/mol. The molecule has 5 N–H and O–H groups in total. The highest BCUT2D eigenvalue weighted by Crippen LogP contribution is 2.36. The first-order valence-electron chi connectivity index (χ1n) is 8.25. The number of carbonyl (C=O) groups is 3. The van der Waals surface area contributed by atoms with E-state index in [4.69, 9.17) is 22.1 Å². The van der Waals surface area contributed by atoms with Crippen molar-refractivity contribution in [2.24, 2.45) is 5.73 Å². The highest BCUT2D eigenvalue weighted by atomic mass is 35.5. The molecule has 0 saturated heterocycles. The predicted octanol–water partition coefficient (Wildman–Crippen LogP) is 1.46. The van der Waals surface area contributed by atoms with Gasteiger partial charge in [0.25, 0.3) is 5.91 Å². The summed E-state index contributed by atoms with van der Waals surface area (Å²) in [5.74, 6) is -3.37. The van der Waals surface area contributed by atoms with Gasteiger partial charge in [0.1, 0.15) is 23.5 Å². The Kier molecular flexibility index (Phi) is 6.44. The number of phenols is 1. The van der Waals surface area contributed by atoms with Crippen LogP contribution in [-0.2, 0) is 16.0 Å². The average molecular weight is 385 g/mol. The SMILES string of the molecule is CC1Cc2c(Cl)cc(C(=O)N[C@@H](CCCCN)C(=O)O)c(O)c2C(=O)O1. The van der Waals surface area contributed by atoms with Crippen molar-refractivity contribution in [1.82, 2.24) is 5.32 Å². The number of aromatic hydroxyl groups is 1. The monoisotopic (exact) mass is 384 g/mol. The lowest BCUT2D eigenvalue weighted by molar-refractivity contribution is -0.139. The molecule has 142 valence electrons. The van der Waals surface area contributed by atoms with Gasteiger partial charge in [0.15, 0.2) is 0 Å². The lowest BCUT2D eigenvalue weighted by atomic mass is 9.95. The van der Waals surface area contributed by atoms with Crippen molar-refractivity contribution in [3.8, 4) is 5.75 Å². The van der Waals surface area contributed by atoms with Gasteiger partial charge in [0.05, 0.1) is 5.56 Å². The standard InChI is InChI=1S/C17H21ClN2O6/c1-8-6-9-11(18)7-10(14(21)13(9)17(25)26-8)15(22)20-12(16(23)24)4-2-3-5-19/h7-8,12,21H,2-6,19H2,1H3,(H,20,22)(H,23,24)/t8?,12-/m0/s1. The van der Waals surface area contributed by atoms with E-state index in [9.17, 15) is 24.6 Å². The minimum absolute atomic E-state index is 0.140. The number of carboxylic acids is 1. The van der Waals surface area contributed by atoms with Crippen molar-refractivity contribution < 1.29 is 29.3 Å². The Morgan fingerprint density at radius 3 is 2.77 bits per heavy atom. The van der Waals surface area contributed by atoms with Gasteiger partial charge in [-0.05, 0) is 44.4 Å². The number of rotatable bonds is 7. The number of aliphatic carboxylic acids is 1. The Morgan fingerprint density at radius 1 is 1.46 bits per heavy atom. The molecule has 0 aliphatic carbocycles. The summed E-state index contributed by atoms with van der Waals surface area (Å²) in [6.45, 7) is 2.11. The molecule has 0 spiro atoms. The molecule has 1 aromatic rings. The van der Waals surface area contributed by atoms with Crippen LogP contribution in [0, 0.1) is 0 Å². The van der Waals surface area contributed by atoms with Gasteiger partial charge >= 0.3 is 11.9 Å². The maximum atomic E-state index is 12.5. The number of amides is 1. The maximum Gasteiger partial charge on any atom is 0.342 e. The third-order valence-electron chi connectivity index (χ3n) is 4.15. The zero-order chi connectivity index (χ0) is 19.4. The van der Waals surface area contributed by atoms with Crippen molar-refractivity contribution in [3.63, 3.8) is 0 Å². The van der Waals surface area contributed by atoms with Gasteiger partial charge in [0.2, 0.25) is 0 Å².